The summed E-state index contributed by atoms with van der Waals surface area (Å²) in [5, 5.41) is 0. The molecule has 0 bridgehead atoms. The molecule has 0 radical (unpaired) electrons. The molecule has 2 nitrogen and oxygen atoms in total. The average molecular weight is 307 g/mol. The average Bonchev–Trinajstić information content (AvgIpc) is 3.05. The van der Waals surface area contributed by atoms with Crippen molar-refractivity contribution in [2.75, 3.05) is 13.7 Å². The fourth-order valence-electron chi connectivity index (χ4n) is 4.69. The molecule has 0 spiro atoms. The van der Waals surface area contributed by atoms with E-state index in [4.69, 9.17) is 4.74 Å². The van der Waals surface area contributed by atoms with Gasteiger partial charge in [0, 0.05) is 23.6 Å². The van der Waals surface area contributed by atoms with Gasteiger partial charge in [0.2, 0.25) is 0 Å². The zero-order valence-corrected chi connectivity index (χ0v) is 14.0. The maximum absolute atomic E-state index is 5.68. The van der Waals surface area contributed by atoms with Crippen molar-refractivity contribution in [3.8, 4) is 5.75 Å². The standard InChI is InChI=1S/C21H25NO/c1-15(16-7-4-3-5-8-16)22-14-13-18-19(22)12-11-17-9-6-10-20(23-2)21(17)18/h3-10,15,18-19H,11-14H2,1-2H3/t15?,18-,19-/m1/s1. The summed E-state index contributed by atoms with van der Waals surface area (Å²) in [5.74, 6) is 1.72. The van der Waals surface area contributed by atoms with Gasteiger partial charge < -0.3 is 4.74 Å². The largest absolute Gasteiger partial charge is 0.496 e. The minimum absolute atomic E-state index is 0.488. The number of methoxy groups -OCH3 is 1. The van der Waals surface area contributed by atoms with Gasteiger partial charge in [0.05, 0.1) is 7.11 Å². The summed E-state index contributed by atoms with van der Waals surface area (Å²) in [4.78, 5) is 2.72. The number of nitrogens with zero attached hydrogens (tertiary/aromatic N) is 1. The van der Waals surface area contributed by atoms with Crippen LogP contribution in [-0.4, -0.2) is 24.6 Å². The van der Waals surface area contributed by atoms with Crippen LogP contribution in [0.1, 0.15) is 48.4 Å². The van der Waals surface area contributed by atoms with Crippen LogP contribution in [0.15, 0.2) is 48.5 Å². The van der Waals surface area contributed by atoms with E-state index in [0.717, 1.165) is 5.75 Å². The van der Waals surface area contributed by atoms with Crippen molar-refractivity contribution in [2.24, 2.45) is 0 Å². The predicted molar refractivity (Wildman–Crippen MR) is 94.0 cm³/mol. The van der Waals surface area contributed by atoms with E-state index >= 15 is 0 Å². The number of aryl methyl sites for hydroxylation is 1. The fourth-order valence-corrected chi connectivity index (χ4v) is 4.69. The first kappa shape index (κ1) is 14.8. The first-order chi connectivity index (χ1) is 11.3. The van der Waals surface area contributed by atoms with Gasteiger partial charge in [0.25, 0.3) is 0 Å². The lowest BCUT2D eigenvalue weighted by Gasteiger charge is -2.37. The molecule has 1 aliphatic carbocycles. The SMILES string of the molecule is COc1cccc2c1[C@@H]1CCN(C(C)c3ccccc3)[C@@H]1CC2. The zero-order chi connectivity index (χ0) is 15.8. The molecule has 2 aromatic rings. The van der Waals surface area contributed by atoms with Crippen molar-refractivity contribution in [1.29, 1.82) is 0 Å². The summed E-state index contributed by atoms with van der Waals surface area (Å²) in [7, 11) is 1.80. The number of fused-ring (bicyclic) bond motifs is 3. The number of rotatable bonds is 3. The Kier molecular flexibility index (Phi) is 3.86. The summed E-state index contributed by atoms with van der Waals surface area (Å²) in [6.45, 7) is 3.54. The summed E-state index contributed by atoms with van der Waals surface area (Å²) >= 11 is 0. The molecule has 4 rings (SSSR count). The third kappa shape index (κ3) is 2.46. The Morgan fingerprint density at radius 2 is 1.87 bits per heavy atom. The Balaban J connectivity index is 1.65. The Morgan fingerprint density at radius 1 is 1.04 bits per heavy atom. The molecule has 23 heavy (non-hydrogen) atoms. The van der Waals surface area contributed by atoms with Crippen LogP contribution in [-0.2, 0) is 6.42 Å². The maximum atomic E-state index is 5.68. The molecule has 0 aromatic heterocycles. The van der Waals surface area contributed by atoms with E-state index in [2.05, 4.69) is 60.4 Å². The normalized spacial score (nSPS) is 24.8. The highest BCUT2D eigenvalue weighted by molar-refractivity contribution is 5.46. The van der Waals surface area contributed by atoms with E-state index in [-0.39, 0.29) is 0 Å². The van der Waals surface area contributed by atoms with Crippen LogP contribution in [0.4, 0.5) is 0 Å². The van der Waals surface area contributed by atoms with Gasteiger partial charge >= 0.3 is 0 Å². The van der Waals surface area contributed by atoms with E-state index in [1.807, 2.05) is 0 Å². The van der Waals surface area contributed by atoms with Crippen LogP contribution in [0.25, 0.3) is 0 Å². The lowest BCUT2D eigenvalue weighted by molar-refractivity contribution is 0.172. The van der Waals surface area contributed by atoms with Crippen molar-refractivity contribution in [3.05, 3.63) is 65.2 Å². The molecular formula is C21H25NO. The Morgan fingerprint density at radius 3 is 2.65 bits per heavy atom. The third-order valence-corrected chi connectivity index (χ3v) is 5.82. The maximum Gasteiger partial charge on any atom is 0.122 e. The van der Waals surface area contributed by atoms with Crippen LogP contribution in [0.5, 0.6) is 5.75 Å². The number of benzene rings is 2. The van der Waals surface area contributed by atoms with E-state index < -0.39 is 0 Å². The van der Waals surface area contributed by atoms with Crippen molar-refractivity contribution >= 4 is 0 Å². The smallest absolute Gasteiger partial charge is 0.122 e. The molecule has 120 valence electrons. The number of ether oxygens (including phenoxy) is 1. The van der Waals surface area contributed by atoms with Crippen LogP contribution < -0.4 is 4.74 Å². The first-order valence-electron chi connectivity index (χ1n) is 8.76. The van der Waals surface area contributed by atoms with Crippen molar-refractivity contribution in [1.82, 2.24) is 4.90 Å². The molecule has 2 aromatic carbocycles. The predicted octanol–water partition coefficient (Wildman–Crippen LogP) is 4.56. The van der Waals surface area contributed by atoms with Gasteiger partial charge in [-0.25, -0.2) is 0 Å². The molecule has 0 saturated carbocycles. The summed E-state index contributed by atoms with van der Waals surface area (Å²) in [6, 6.07) is 18.6. The molecule has 2 heteroatoms. The summed E-state index contributed by atoms with van der Waals surface area (Å²) in [5.41, 5.74) is 4.41. The zero-order valence-electron chi connectivity index (χ0n) is 14.0. The van der Waals surface area contributed by atoms with Gasteiger partial charge in [0.1, 0.15) is 5.75 Å². The van der Waals surface area contributed by atoms with E-state index in [1.54, 1.807) is 7.11 Å². The summed E-state index contributed by atoms with van der Waals surface area (Å²) < 4.78 is 5.68. The topological polar surface area (TPSA) is 12.5 Å². The minimum Gasteiger partial charge on any atom is -0.496 e. The quantitative estimate of drug-likeness (QED) is 0.824. The molecule has 1 unspecified atom stereocenters. The Labute approximate surface area is 139 Å². The molecule has 2 aliphatic rings. The second-order valence-electron chi connectivity index (χ2n) is 6.86. The summed E-state index contributed by atoms with van der Waals surface area (Å²) in [6.07, 6.45) is 3.68. The Hall–Kier alpha value is -1.80. The molecule has 0 N–H and O–H groups in total. The fraction of sp³-hybridized carbons (Fsp3) is 0.429. The molecule has 1 heterocycles. The second-order valence-corrected chi connectivity index (χ2v) is 6.86. The van der Waals surface area contributed by atoms with Crippen LogP contribution >= 0.6 is 0 Å². The van der Waals surface area contributed by atoms with Gasteiger partial charge in [-0.15, -0.1) is 0 Å². The highest BCUT2D eigenvalue weighted by atomic mass is 16.5. The highest BCUT2D eigenvalue weighted by Gasteiger charge is 2.41. The lowest BCUT2D eigenvalue weighted by atomic mass is 9.79. The first-order valence-corrected chi connectivity index (χ1v) is 8.76. The number of hydrogen-bond donors (Lipinski definition) is 0. The molecule has 1 fully saturated rings. The molecule has 0 amide bonds. The lowest BCUT2D eigenvalue weighted by Crippen LogP contribution is -2.37. The number of hydrogen-bond acceptors (Lipinski definition) is 2. The van der Waals surface area contributed by atoms with E-state index in [9.17, 15) is 0 Å². The monoisotopic (exact) mass is 307 g/mol. The van der Waals surface area contributed by atoms with Crippen molar-refractivity contribution < 1.29 is 4.74 Å². The molecular weight excluding hydrogens is 282 g/mol. The molecule has 1 saturated heterocycles. The van der Waals surface area contributed by atoms with E-state index in [0.29, 0.717) is 18.0 Å². The molecule has 3 atom stereocenters. The van der Waals surface area contributed by atoms with Gasteiger partial charge in [-0.2, -0.15) is 0 Å². The van der Waals surface area contributed by atoms with Gasteiger partial charge in [-0.1, -0.05) is 42.5 Å². The van der Waals surface area contributed by atoms with E-state index in [1.165, 1.54) is 42.5 Å². The van der Waals surface area contributed by atoms with Crippen LogP contribution in [0.3, 0.4) is 0 Å². The number of likely N-dealkylation sites (tertiary alicyclic amines) is 1. The van der Waals surface area contributed by atoms with Crippen LogP contribution in [0.2, 0.25) is 0 Å². The highest BCUT2D eigenvalue weighted by Crippen LogP contribution is 2.47. The second kappa shape index (κ2) is 6.01. The third-order valence-electron chi connectivity index (χ3n) is 5.82. The van der Waals surface area contributed by atoms with Crippen molar-refractivity contribution in [3.63, 3.8) is 0 Å². The van der Waals surface area contributed by atoms with Crippen LogP contribution in [0, 0.1) is 0 Å². The minimum atomic E-state index is 0.488. The van der Waals surface area contributed by atoms with Gasteiger partial charge in [-0.3, -0.25) is 4.90 Å². The Bertz CT molecular complexity index is 667. The van der Waals surface area contributed by atoms with Gasteiger partial charge in [-0.05, 0) is 49.9 Å². The van der Waals surface area contributed by atoms with Gasteiger partial charge in [0.15, 0.2) is 0 Å². The molecule has 1 aliphatic heterocycles. The van der Waals surface area contributed by atoms with Crippen molar-refractivity contribution in [2.45, 2.75) is 44.2 Å².